The molecule has 0 unspecified atom stereocenters. The summed E-state index contributed by atoms with van der Waals surface area (Å²) in [5, 5.41) is 8.50. The first-order valence-corrected chi connectivity index (χ1v) is 5.13. The standard InChI is InChI=1S/C12H16N2O/c1-12(2,3)9-4-10-8(7-15)5-13-11(10)14-6-9/h4-6,15H,7H2,1-3H3,(H,13,14)/p+1. The molecule has 0 atom stereocenters. The summed E-state index contributed by atoms with van der Waals surface area (Å²) in [5.74, 6) is 0. The van der Waals surface area contributed by atoms with Crippen LogP contribution in [-0.2, 0) is 12.0 Å². The number of hydrogen-bond donors (Lipinski definition) is 1. The predicted molar refractivity (Wildman–Crippen MR) is 62.1 cm³/mol. The highest BCUT2D eigenvalue weighted by Crippen LogP contribution is 2.25. The predicted octanol–water partition coefficient (Wildman–Crippen LogP) is 2.09. The second-order valence-corrected chi connectivity index (χ2v) is 4.86. The molecule has 0 aliphatic heterocycles. The lowest BCUT2D eigenvalue weighted by atomic mass is 9.88. The Kier molecular flexibility index (Phi) is 2.27. The van der Waals surface area contributed by atoms with Crippen LogP contribution >= 0.6 is 0 Å². The Hall–Kier alpha value is -1.35. The molecule has 0 amide bonds. The zero-order valence-electron chi connectivity index (χ0n) is 9.39. The number of nitrogens with one attached hydrogen (secondary N) is 1. The molecule has 3 heteroatoms. The van der Waals surface area contributed by atoms with E-state index in [0.29, 0.717) is 6.61 Å². The fourth-order valence-corrected chi connectivity index (χ4v) is 1.61. The first-order chi connectivity index (χ1) is 7.02. The Balaban J connectivity index is 2.63. The van der Waals surface area contributed by atoms with Crippen molar-refractivity contribution in [3.05, 3.63) is 29.6 Å². The van der Waals surface area contributed by atoms with Crippen LogP contribution in [0.2, 0.25) is 0 Å². The lowest BCUT2D eigenvalue weighted by Gasteiger charge is -2.18. The molecule has 0 radical (unpaired) electrons. The Morgan fingerprint density at radius 2 is 2.13 bits per heavy atom. The van der Waals surface area contributed by atoms with Crippen LogP contribution in [0, 0.1) is 0 Å². The van der Waals surface area contributed by atoms with E-state index < -0.39 is 0 Å². The number of H-pyrrole nitrogens is 1. The van der Waals surface area contributed by atoms with E-state index in [1.807, 2.05) is 12.4 Å². The summed E-state index contributed by atoms with van der Waals surface area (Å²) in [6.45, 7) is 6.81. The molecule has 2 rings (SSSR count). The van der Waals surface area contributed by atoms with E-state index in [-0.39, 0.29) is 5.41 Å². The summed E-state index contributed by atoms with van der Waals surface area (Å²) in [6.07, 6.45) is 3.78. The van der Waals surface area contributed by atoms with Gasteiger partial charge in [0.25, 0.3) is 0 Å². The first kappa shape index (κ1) is 10.2. The molecule has 0 saturated carbocycles. The van der Waals surface area contributed by atoms with Gasteiger partial charge in [-0.15, -0.1) is 0 Å². The second kappa shape index (κ2) is 3.35. The van der Waals surface area contributed by atoms with Crippen molar-refractivity contribution < 1.29 is 5.11 Å². The molecule has 0 aliphatic carbocycles. The summed E-state index contributed by atoms with van der Waals surface area (Å²) in [6, 6.07) is 2.14. The zero-order chi connectivity index (χ0) is 11.1. The molecular weight excluding hydrogens is 188 g/mol. The maximum atomic E-state index is 7.42. The van der Waals surface area contributed by atoms with Crippen molar-refractivity contribution in [3.8, 4) is 0 Å². The molecule has 2 heterocycles. The molecular formula is C12H17N2O+. The maximum absolute atomic E-state index is 7.42. The lowest BCUT2D eigenvalue weighted by Crippen LogP contribution is -2.11. The third-order valence-corrected chi connectivity index (χ3v) is 2.67. The molecule has 3 nitrogen and oxygen atoms in total. The van der Waals surface area contributed by atoms with Gasteiger partial charge in [0.2, 0.25) is 0 Å². The van der Waals surface area contributed by atoms with Gasteiger partial charge in [0.05, 0.1) is 5.56 Å². The van der Waals surface area contributed by atoms with E-state index >= 15 is 0 Å². The van der Waals surface area contributed by atoms with Crippen LogP contribution in [0.1, 0.15) is 31.9 Å². The van der Waals surface area contributed by atoms with E-state index in [4.69, 9.17) is 5.11 Å². The van der Waals surface area contributed by atoms with Gasteiger partial charge in [-0.25, -0.2) is 4.98 Å². The summed E-state index contributed by atoms with van der Waals surface area (Å²) in [4.78, 5) is 7.46. The molecule has 2 aromatic rings. The third kappa shape index (κ3) is 1.75. The topological polar surface area (TPSA) is 51.6 Å². The van der Waals surface area contributed by atoms with Crippen molar-refractivity contribution in [2.24, 2.45) is 0 Å². The minimum Gasteiger partial charge on any atom is -0.442 e. The van der Waals surface area contributed by atoms with E-state index in [1.165, 1.54) is 5.56 Å². The summed E-state index contributed by atoms with van der Waals surface area (Å²) < 4.78 is 0. The van der Waals surface area contributed by atoms with E-state index in [1.54, 1.807) is 0 Å². The minimum absolute atomic E-state index is 0.109. The van der Waals surface area contributed by atoms with Crippen LogP contribution < -0.4 is 0 Å². The largest absolute Gasteiger partial charge is 0.442 e. The van der Waals surface area contributed by atoms with Gasteiger partial charge in [0.15, 0.2) is 6.61 Å². The van der Waals surface area contributed by atoms with Crippen molar-refractivity contribution in [3.63, 3.8) is 0 Å². The number of hydrogen-bond acceptors (Lipinski definition) is 1. The molecule has 80 valence electrons. The van der Waals surface area contributed by atoms with Gasteiger partial charge in [0, 0.05) is 17.8 Å². The Morgan fingerprint density at radius 3 is 2.73 bits per heavy atom. The van der Waals surface area contributed by atoms with Gasteiger partial charge in [-0.05, 0) is 17.0 Å². The minimum atomic E-state index is 0.109. The van der Waals surface area contributed by atoms with Crippen molar-refractivity contribution >= 4 is 11.0 Å². The van der Waals surface area contributed by atoms with Gasteiger partial charge in [-0.2, -0.15) is 0 Å². The van der Waals surface area contributed by atoms with Crippen molar-refractivity contribution in [2.75, 3.05) is 0 Å². The quantitative estimate of drug-likeness (QED) is 0.712. The average Bonchev–Trinajstić information content (AvgIpc) is 2.57. The van der Waals surface area contributed by atoms with Crippen LogP contribution in [0.3, 0.4) is 0 Å². The fraction of sp³-hybridized carbons (Fsp3) is 0.417. The maximum Gasteiger partial charge on any atom is 0.172 e. The molecule has 0 bridgehead atoms. The van der Waals surface area contributed by atoms with E-state index in [0.717, 1.165) is 16.6 Å². The Labute approximate surface area is 89.2 Å². The fourth-order valence-electron chi connectivity index (χ4n) is 1.61. The first-order valence-electron chi connectivity index (χ1n) is 5.13. The number of rotatable bonds is 1. The van der Waals surface area contributed by atoms with Crippen LogP contribution in [0.15, 0.2) is 18.5 Å². The number of aromatic amines is 1. The molecule has 15 heavy (non-hydrogen) atoms. The highest BCUT2D eigenvalue weighted by atomic mass is 16.3. The molecule has 0 spiro atoms. The van der Waals surface area contributed by atoms with Gasteiger partial charge < -0.3 is 10.1 Å². The summed E-state index contributed by atoms with van der Waals surface area (Å²) in [5.41, 5.74) is 3.22. The highest BCUT2D eigenvalue weighted by Gasteiger charge is 2.16. The summed E-state index contributed by atoms with van der Waals surface area (Å²) >= 11 is 0. The highest BCUT2D eigenvalue weighted by molar-refractivity contribution is 5.80. The van der Waals surface area contributed by atoms with E-state index in [2.05, 4.69) is 36.8 Å². The molecule has 2 aromatic heterocycles. The van der Waals surface area contributed by atoms with Gasteiger partial charge in [-0.1, -0.05) is 20.8 Å². The Morgan fingerprint density at radius 1 is 1.40 bits per heavy atom. The van der Waals surface area contributed by atoms with Crippen LogP contribution in [0.4, 0.5) is 0 Å². The molecule has 0 aliphatic rings. The molecule has 0 aromatic carbocycles. The van der Waals surface area contributed by atoms with Crippen LogP contribution in [-0.4, -0.2) is 15.1 Å². The normalized spacial score (nSPS) is 12.3. The van der Waals surface area contributed by atoms with Crippen molar-refractivity contribution in [1.82, 2.24) is 9.97 Å². The second-order valence-electron chi connectivity index (χ2n) is 4.86. The number of fused-ring (bicyclic) bond motifs is 1. The van der Waals surface area contributed by atoms with Gasteiger partial charge in [-0.3, -0.25) is 0 Å². The zero-order valence-corrected chi connectivity index (χ0v) is 9.39. The van der Waals surface area contributed by atoms with Crippen molar-refractivity contribution in [1.29, 1.82) is 0 Å². The molecule has 0 saturated heterocycles. The number of nitrogens with zero attached hydrogens (tertiary/aromatic N) is 1. The Bertz CT molecular complexity index is 480. The molecule has 0 fully saturated rings. The molecule has 3 N–H and O–H groups in total. The van der Waals surface area contributed by atoms with E-state index in [9.17, 15) is 0 Å². The number of aromatic nitrogens is 2. The SMILES string of the molecule is CC(C)(C)c1cnc2[nH]cc(C[OH2+])c2c1. The monoisotopic (exact) mass is 205 g/mol. The van der Waals surface area contributed by atoms with Gasteiger partial charge >= 0.3 is 0 Å². The smallest absolute Gasteiger partial charge is 0.172 e. The number of pyridine rings is 1. The third-order valence-electron chi connectivity index (χ3n) is 2.67. The van der Waals surface area contributed by atoms with Crippen molar-refractivity contribution in [2.45, 2.75) is 32.8 Å². The average molecular weight is 205 g/mol. The summed E-state index contributed by atoms with van der Waals surface area (Å²) in [7, 11) is 0. The van der Waals surface area contributed by atoms with Crippen LogP contribution in [0.25, 0.3) is 11.0 Å². The van der Waals surface area contributed by atoms with Crippen LogP contribution in [0.5, 0.6) is 0 Å². The lowest BCUT2D eigenvalue weighted by molar-refractivity contribution is 0.283. The van der Waals surface area contributed by atoms with Gasteiger partial charge in [0.1, 0.15) is 5.65 Å².